The van der Waals surface area contributed by atoms with E-state index in [0.717, 1.165) is 17.9 Å². The fraction of sp³-hybridized carbons (Fsp3) is 0.364. The minimum Gasteiger partial charge on any atom is -0.494 e. The van der Waals surface area contributed by atoms with Crippen molar-refractivity contribution in [3.8, 4) is 5.75 Å². The van der Waals surface area contributed by atoms with E-state index in [-0.39, 0.29) is 5.17 Å². The number of hydrogen-bond acceptors (Lipinski definition) is 3. The van der Waals surface area contributed by atoms with Crippen LogP contribution in [0.15, 0.2) is 24.3 Å². The Labute approximate surface area is 94.5 Å². The molecule has 4 heteroatoms. The standard InChI is InChI=1S/C11H16N2OS/c1-2-14-10-5-3-9(4-6-10)7-8-15-11(12)13/h3-6H,2,7-8H2,1H3,(H3,12,13). The Morgan fingerprint density at radius 3 is 2.60 bits per heavy atom. The Bertz CT molecular complexity index is 311. The van der Waals surface area contributed by atoms with Gasteiger partial charge >= 0.3 is 0 Å². The monoisotopic (exact) mass is 224 g/mol. The number of benzene rings is 1. The minimum atomic E-state index is 0.181. The first-order valence-electron chi connectivity index (χ1n) is 4.91. The lowest BCUT2D eigenvalue weighted by atomic mass is 10.2. The Balaban J connectivity index is 2.39. The van der Waals surface area contributed by atoms with Gasteiger partial charge in [0.15, 0.2) is 5.17 Å². The summed E-state index contributed by atoms with van der Waals surface area (Å²) in [7, 11) is 0. The second kappa shape index (κ2) is 6.35. The Hall–Kier alpha value is -1.16. The van der Waals surface area contributed by atoms with E-state index in [2.05, 4.69) is 0 Å². The molecule has 0 heterocycles. The van der Waals surface area contributed by atoms with Gasteiger partial charge in [0.1, 0.15) is 5.75 Å². The Morgan fingerprint density at radius 1 is 1.40 bits per heavy atom. The molecule has 0 saturated heterocycles. The van der Waals surface area contributed by atoms with Crippen molar-refractivity contribution >= 4 is 16.9 Å². The van der Waals surface area contributed by atoms with Crippen LogP contribution in [0.2, 0.25) is 0 Å². The van der Waals surface area contributed by atoms with Gasteiger partial charge in [-0.25, -0.2) is 0 Å². The average Bonchev–Trinajstić information content (AvgIpc) is 2.20. The van der Waals surface area contributed by atoms with Gasteiger partial charge in [0.2, 0.25) is 0 Å². The predicted molar refractivity (Wildman–Crippen MR) is 65.7 cm³/mol. The summed E-state index contributed by atoms with van der Waals surface area (Å²) in [4.78, 5) is 0. The van der Waals surface area contributed by atoms with Gasteiger partial charge in [0, 0.05) is 5.75 Å². The van der Waals surface area contributed by atoms with Crippen LogP contribution in [0.3, 0.4) is 0 Å². The van der Waals surface area contributed by atoms with Crippen LogP contribution in [-0.4, -0.2) is 17.5 Å². The number of ether oxygens (including phenoxy) is 1. The van der Waals surface area contributed by atoms with Crippen LogP contribution in [0.5, 0.6) is 5.75 Å². The van der Waals surface area contributed by atoms with Crippen LogP contribution >= 0.6 is 11.8 Å². The van der Waals surface area contributed by atoms with Crippen molar-refractivity contribution in [1.29, 1.82) is 5.41 Å². The number of amidine groups is 1. The topological polar surface area (TPSA) is 59.1 Å². The van der Waals surface area contributed by atoms with Crippen LogP contribution in [0.4, 0.5) is 0 Å². The molecule has 1 aromatic rings. The quantitative estimate of drug-likeness (QED) is 0.595. The molecule has 0 bridgehead atoms. The van der Waals surface area contributed by atoms with E-state index in [1.54, 1.807) is 0 Å². The highest BCUT2D eigenvalue weighted by atomic mass is 32.2. The molecule has 0 aromatic heterocycles. The Kier molecular flexibility index (Phi) is 5.04. The fourth-order valence-electron chi connectivity index (χ4n) is 1.20. The molecule has 0 amide bonds. The molecule has 0 unspecified atom stereocenters. The maximum absolute atomic E-state index is 7.07. The third kappa shape index (κ3) is 4.74. The molecule has 0 fully saturated rings. The highest BCUT2D eigenvalue weighted by molar-refractivity contribution is 8.13. The second-order valence-electron chi connectivity index (χ2n) is 3.04. The van der Waals surface area contributed by atoms with E-state index in [9.17, 15) is 0 Å². The summed E-state index contributed by atoms with van der Waals surface area (Å²) in [5, 5.41) is 7.25. The molecule has 3 nitrogen and oxygen atoms in total. The van der Waals surface area contributed by atoms with Crippen molar-refractivity contribution in [3.63, 3.8) is 0 Å². The largest absolute Gasteiger partial charge is 0.494 e. The molecule has 0 aliphatic heterocycles. The summed E-state index contributed by atoms with van der Waals surface area (Å²) >= 11 is 1.37. The van der Waals surface area contributed by atoms with Crippen molar-refractivity contribution in [3.05, 3.63) is 29.8 Å². The van der Waals surface area contributed by atoms with Crippen molar-refractivity contribution in [2.75, 3.05) is 12.4 Å². The molecule has 0 saturated carbocycles. The van der Waals surface area contributed by atoms with E-state index in [0.29, 0.717) is 6.61 Å². The minimum absolute atomic E-state index is 0.181. The molecule has 0 atom stereocenters. The lowest BCUT2D eigenvalue weighted by Crippen LogP contribution is -2.05. The van der Waals surface area contributed by atoms with Crippen LogP contribution < -0.4 is 10.5 Å². The summed E-state index contributed by atoms with van der Waals surface area (Å²) in [6.07, 6.45) is 0.927. The lowest BCUT2D eigenvalue weighted by molar-refractivity contribution is 0.340. The summed E-state index contributed by atoms with van der Waals surface area (Å²) in [6, 6.07) is 8.03. The maximum Gasteiger partial charge on any atom is 0.151 e. The van der Waals surface area contributed by atoms with Gasteiger partial charge < -0.3 is 10.5 Å². The van der Waals surface area contributed by atoms with Crippen molar-refractivity contribution in [1.82, 2.24) is 0 Å². The van der Waals surface area contributed by atoms with E-state index in [4.69, 9.17) is 15.9 Å². The molecule has 0 aliphatic rings. The zero-order valence-electron chi connectivity index (χ0n) is 8.82. The van der Waals surface area contributed by atoms with E-state index >= 15 is 0 Å². The van der Waals surface area contributed by atoms with Gasteiger partial charge in [-0.3, -0.25) is 5.41 Å². The van der Waals surface area contributed by atoms with Crippen LogP contribution in [0.25, 0.3) is 0 Å². The molecule has 82 valence electrons. The fourth-order valence-corrected chi connectivity index (χ4v) is 1.76. The molecular formula is C11H16N2OS. The third-order valence-electron chi connectivity index (χ3n) is 1.88. The molecule has 3 N–H and O–H groups in total. The second-order valence-corrected chi connectivity index (χ2v) is 4.18. The van der Waals surface area contributed by atoms with Gasteiger partial charge in [0.25, 0.3) is 0 Å². The van der Waals surface area contributed by atoms with Crippen LogP contribution in [0, 0.1) is 5.41 Å². The van der Waals surface area contributed by atoms with E-state index in [1.807, 2.05) is 31.2 Å². The highest BCUT2D eigenvalue weighted by Crippen LogP contribution is 2.13. The van der Waals surface area contributed by atoms with Crippen molar-refractivity contribution < 1.29 is 4.74 Å². The van der Waals surface area contributed by atoms with Crippen LogP contribution in [0.1, 0.15) is 12.5 Å². The number of nitrogens with two attached hydrogens (primary N) is 1. The number of hydrogen-bond donors (Lipinski definition) is 2. The maximum atomic E-state index is 7.07. The molecule has 15 heavy (non-hydrogen) atoms. The zero-order chi connectivity index (χ0) is 11.1. The summed E-state index contributed by atoms with van der Waals surface area (Å²) in [6.45, 7) is 2.66. The molecule has 0 aliphatic carbocycles. The van der Waals surface area contributed by atoms with Crippen molar-refractivity contribution in [2.45, 2.75) is 13.3 Å². The Morgan fingerprint density at radius 2 is 2.07 bits per heavy atom. The number of rotatable bonds is 5. The molecule has 1 aromatic carbocycles. The first-order chi connectivity index (χ1) is 7.22. The smallest absolute Gasteiger partial charge is 0.151 e. The van der Waals surface area contributed by atoms with Gasteiger partial charge in [-0.05, 0) is 31.0 Å². The number of thioether (sulfide) groups is 1. The molecular weight excluding hydrogens is 208 g/mol. The van der Waals surface area contributed by atoms with Gasteiger partial charge in [-0.15, -0.1) is 0 Å². The van der Waals surface area contributed by atoms with E-state index in [1.165, 1.54) is 17.3 Å². The predicted octanol–water partition coefficient (Wildman–Crippen LogP) is 2.25. The first-order valence-corrected chi connectivity index (χ1v) is 5.89. The SMILES string of the molecule is CCOc1ccc(CCSC(=N)N)cc1. The van der Waals surface area contributed by atoms with Gasteiger partial charge in [-0.1, -0.05) is 23.9 Å². The summed E-state index contributed by atoms with van der Waals surface area (Å²) in [5.41, 5.74) is 6.49. The van der Waals surface area contributed by atoms with Crippen LogP contribution in [-0.2, 0) is 6.42 Å². The summed E-state index contributed by atoms with van der Waals surface area (Å²) < 4.78 is 5.34. The molecule has 0 radical (unpaired) electrons. The van der Waals surface area contributed by atoms with Gasteiger partial charge in [0.05, 0.1) is 6.61 Å². The number of nitrogens with one attached hydrogen (secondary N) is 1. The van der Waals surface area contributed by atoms with E-state index < -0.39 is 0 Å². The normalized spacial score (nSPS) is 9.93. The average molecular weight is 224 g/mol. The molecule has 1 rings (SSSR count). The summed E-state index contributed by atoms with van der Waals surface area (Å²) in [5.74, 6) is 1.75. The lowest BCUT2D eigenvalue weighted by Gasteiger charge is -2.04. The highest BCUT2D eigenvalue weighted by Gasteiger charge is 1.96. The van der Waals surface area contributed by atoms with Gasteiger partial charge in [-0.2, -0.15) is 0 Å². The number of aryl methyl sites for hydroxylation is 1. The van der Waals surface area contributed by atoms with Crippen molar-refractivity contribution in [2.24, 2.45) is 5.73 Å². The molecule has 0 spiro atoms. The third-order valence-corrected chi connectivity index (χ3v) is 2.60. The first kappa shape index (κ1) is 11.9. The zero-order valence-corrected chi connectivity index (χ0v) is 9.64.